The highest BCUT2D eigenvalue weighted by Gasteiger charge is 2.22. The molecule has 0 unspecified atom stereocenters. The van der Waals surface area contributed by atoms with Gasteiger partial charge in [-0.05, 0) is 26.8 Å². The van der Waals surface area contributed by atoms with Crippen molar-refractivity contribution in [2.24, 2.45) is 0 Å². The average molecular weight is 323 g/mol. The Kier molecular flexibility index (Phi) is 5.86. The Bertz CT molecular complexity index is 570. The Morgan fingerprint density at radius 2 is 2.13 bits per heavy atom. The van der Waals surface area contributed by atoms with Crippen molar-refractivity contribution >= 4 is 11.7 Å². The molecule has 0 radical (unpaired) electrons. The van der Waals surface area contributed by atoms with Gasteiger partial charge in [-0.3, -0.25) is 14.9 Å². The summed E-state index contributed by atoms with van der Waals surface area (Å²) in [7, 11) is 2.05. The molecule has 8 heteroatoms. The zero-order valence-electron chi connectivity index (χ0n) is 13.4. The Labute approximate surface area is 134 Å². The molecule has 1 aromatic heterocycles. The first-order chi connectivity index (χ1) is 11.0. The summed E-state index contributed by atoms with van der Waals surface area (Å²) < 4.78 is 10.6. The monoisotopic (exact) mass is 323 g/mol. The third kappa shape index (κ3) is 4.88. The van der Waals surface area contributed by atoms with E-state index < -0.39 is 10.9 Å². The molecular formula is C15H21N3O5. The maximum absolute atomic E-state index is 11.6. The molecule has 2 rings (SSSR count). The van der Waals surface area contributed by atoms with Gasteiger partial charge in [-0.25, -0.2) is 4.98 Å². The number of carbonyl (C=O) groups excluding carboxylic acids is 1. The first kappa shape index (κ1) is 17.1. The summed E-state index contributed by atoms with van der Waals surface area (Å²) in [6.45, 7) is 3.78. The molecule has 126 valence electrons. The highest BCUT2D eigenvalue weighted by Crippen LogP contribution is 2.23. The number of nitro groups is 1. The lowest BCUT2D eigenvalue weighted by Gasteiger charge is -2.28. The number of aromatic nitrogens is 1. The average Bonchev–Trinajstić information content (AvgIpc) is 2.50. The first-order valence-electron chi connectivity index (χ1n) is 7.64. The van der Waals surface area contributed by atoms with E-state index in [1.807, 2.05) is 0 Å². The van der Waals surface area contributed by atoms with E-state index in [1.54, 1.807) is 6.92 Å². The molecule has 1 aliphatic rings. The number of carbonyl (C=O) groups is 1. The minimum Gasteiger partial charge on any atom is -0.474 e. The van der Waals surface area contributed by atoms with Gasteiger partial charge in [0.2, 0.25) is 5.88 Å². The molecule has 0 spiro atoms. The Balaban J connectivity index is 2.11. The van der Waals surface area contributed by atoms with Crippen molar-refractivity contribution in [3.05, 3.63) is 27.9 Å². The lowest BCUT2D eigenvalue weighted by atomic mass is 10.1. The number of ether oxygens (including phenoxy) is 2. The molecule has 1 fully saturated rings. The molecule has 0 aromatic carbocycles. The topological polar surface area (TPSA) is 94.8 Å². The zero-order chi connectivity index (χ0) is 16.8. The van der Waals surface area contributed by atoms with Gasteiger partial charge >= 0.3 is 5.97 Å². The first-order valence-corrected chi connectivity index (χ1v) is 7.64. The number of hydrogen-bond donors (Lipinski definition) is 0. The number of rotatable bonds is 6. The van der Waals surface area contributed by atoms with E-state index in [0.717, 1.165) is 25.9 Å². The SMILES string of the molecule is CCOC(=O)Cc1nc(OC2CCN(C)CC2)ccc1[N+](=O)[O-]. The molecule has 0 atom stereocenters. The van der Waals surface area contributed by atoms with Gasteiger partial charge in [-0.1, -0.05) is 0 Å². The predicted molar refractivity (Wildman–Crippen MR) is 82.4 cm³/mol. The maximum Gasteiger partial charge on any atom is 0.312 e. The van der Waals surface area contributed by atoms with E-state index in [4.69, 9.17) is 9.47 Å². The van der Waals surface area contributed by atoms with Crippen LogP contribution in [0, 0.1) is 10.1 Å². The zero-order valence-corrected chi connectivity index (χ0v) is 13.4. The minimum absolute atomic E-state index is 0.0376. The highest BCUT2D eigenvalue weighted by atomic mass is 16.6. The number of piperidine rings is 1. The molecule has 23 heavy (non-hydrogen) atoms. The molecular weight excluding hydrogens is 302 g/mol. The minimum atomic E-state index is -0.555. The fourth-order valence-electron chi connectivity index (χ4n) is 2.46. The molecule has 2 heterocycles. The quantitative estimate of drug-likeness (QED) is 0.445. The fraction of sp³-hybridized carbons (Fsp3) is 0.600. The van der Waals surface area contributed by atoms with Crippen LogP contribution < -0.4 is 4.74 Å². The second-order valence-corrected chi connectivity index (χ2v) is 5.47. The van der Waals surface area contributed by atoms with Gasteiger partial charge < -0.3 is 14.4 Å². The molecule has 8 nitrogen and oxygen atoms in total. The van der Waals surface area contributed by atoms with E-state index in [0.29, 0.717) is 5.88 Å². The standard InChI is InChI=1S/C15H21N3O5/c1-3-22-15(19)10-12-13(18(20)21)4-5-14(16-12)23-11-6-8-17(2)9-7-11/h4-5,11H,3,6-10H2,1-2H3. The maximum atomic E-state index is 11.6. The van der Waals surface area contributed by atoms with Gasteiger partial charge in [0, 0.05) is 25.2 Å². The van der Waals surface area contributed by atoms with Crippen molar-refractivity contribution in [3.63, 3.8) is 0 Å². The van der Waals surface area contributed by atoms with E-state index in [2.05, 4.69) is 16.9 Å². The van der Waals surface area contributed by atoms with Crippen LogP contribution in [0.2, 0.25) is 0 Å². The van der Waals surface area contributed by atoms with E-state index in [9.17, 15) is 14.9 Å². The summed E-state index contributed by atoms with van der Waals surface area (Å²) in [5, 5.41) is 11.1. The molecule has 0 amide bonds. The van der Waals surface area contributed by atoms with Gasteiger partial charge in [0.15, 0.2) is 0 Å². The van der Waals surface area contributed by atoms with E-state index in [1.165, 1.54) is 12.1 Å². The van der Waals surface area contributed by atoms with Crippen LogP contribution in [-0.4, -0.2) is 53.6 Å². The van der Waals surface area contributed by atoms with Crippen LogP contribution in [-0.2, 0) is 16.0 Å². The summed E-state index contributed by atoms with van der Waals surface area (Å²) in [6, 6.07) is 2.80. The molecule has 1 aliphatic heterocycles. The molecule has 1 saturated heterocycles. The number of pyridine rings is 1. The summed E-state index contributed by atoms with van der Waals surface area (Å²) in [5.74, 6) is -0.232. The molecule has 1 aromatic rings. The fourth-order valence-corrected chi connectivity index (χ4v) is 2.46. The molecule has 0 bridgehead atoms. The van der Waals surface area contributed by atoms with Crippen molar-refractivity contribution in [2.75, 3.05) is 26.7 Å². The van der Waals surface area contributed by atoms with Crippen molar-refractivity contribution in [1.29, 1.82) is 0 Å². The predicted octanol–water partition coefficient (Wildman–Crippen LogP) is 1.57. The van der Waals surface area contributed by atoms with Gasteiger partial charge in [0.25, 0.3) is 5.69 Å². The normalized spacial score (nSPS) is 16.1. The van der Waals surface area contributed by atoms with Crippen LogP contribution in [0.25, 0.3) is 0 Å². The van der Waals surface area contributed by atoms with Gasteiger partial charge in [0.05, 0.1) is 18.0 Å². The van der Waals surface area contributed by atoms with Crippen LogP contribution >= 0.6 is 0 Å². The largest absolute Gasteiger partial charge is 0.474 e. The number of nitrogens with zero attached hydrogens (tertiary/aromatic N) is 3. The van der Waals surface area contributed by atoms with Crippen LogP contribution in [0.4, 0.5) is 5.69 Å². The van der Waals surface area contributed by atoms with E-state index >= 15 is 0 Å². The van der Waals surface area contributed by atoms with E-state index in [-0.39, 0.29) is 30.5 Å². The summed E-state index contributed by atoms with van der Waals surface area (Å²) in [4.78, 5) is 28.5. The Hall–Kier alpha value is -2.22. The Morgan fingerprint density at radius 1 is 1.43 bits per heavy atom. The second-order valence-electron chi connectivity index (χ2n) is 5.47. The summed E-state index contributed by atoms with van der Waals surface area (Å²) >= 11 is 0. The lowest BCUT2D eigenvalue weighted by Crippen LogP contribution is -2.35. The third-order valence-corrected chi connectivity index (χ3v) is 3.69. The van der Waals surface area contributed by atoms with Gasteiger partial charge in [-0.2, -0.15) is 0 Å². The van der Waals surface area contributed by atoms with Gasteiger partial charge in [-0.15, -0.1) is 0 Å². The number of esters is 1. The van der Waals surface area contributed by atoms with Crippen LogP contribution in [0.15, 0.2) is 12.1 Å². The summed E-state index contributed by atoms with van der Waals surface area (Å²) in [6.07, 6.45) is 1.55. The smallest absolute Gasteiger partial charge is 0.312 e. The van der Waals surface area contributed by atoms with Crippen LogP contribution in [0.5, 0.6) is 5.88 Å². The van der Waals surface area contributed by atoms with Crippen molar-refractivity contribution in [3.8, 4) is 5.88 Å². The highest BCUT2D eigenvalue weighted by molar-refractivity contribution is 5.73. The van der Waals surface area contributed by atoms with Crippen molar-refractivity contribution < 1.29 is 19.2 Å². The second kappa shape index (κ2) is 7.87. The third-order valence-electron chi connectivity index (χ3n) is 3.69. The Morgan fingerprint density at radius 3 is 2.74 bits per heavy atom. The summed E-state index contributed by atoms with van der Waals surface area (Å²) in [5.41, 5.74) is -0.132. The van der Waals surface area contributed by atoms with Gasteiger partial charge in [0.1, 0.15) is 11.8 Å². The molecule has 0 saturated carbocycles. The molecule has 0 aliphatic carbocycles. The van der Waals surface area contributed by atoms with Crippen LogP contribution in [0.1, 0.15) is 25.5 Å². The van der Waals surface area contributed by atoms with Crippen molar-refractivity contribution in [1.82, 2.24) is 9.88 Å². The van der Waals surface area contributed by atoms with Crippen LogP contribution in [0.3, 0.4) is 0 Å². The number of likely N-dealkylation sites (tertiary alicyclic amines) is 1. The lowest BCUT2D eigenvalue weighted by molar-refractivity contribution is -0.385. The number of hydrogen-bond acceptors (Lipinski definition) is 7. The van der Waals surface area contributed by atoms with Crippen molar-refractivity contribution in [2.45, 2.75) is 32.3 Å². The molecule has 0 N–H and O–H groups in total.